The molecular formula is C14H18FN. The van der Waals surface area contributed by atoms with Crippen LogP contribution in [0.3, 0.4) is 0 Å². The van der Waals surface area contributed by atoms with Crippen molar-refractivity contribution in [2.75, 3.05) is 6.54 Å². The summed E-state index contributed by atoms with van der Waals surface area (Å²) in [6.07, 6.45) is 6.33. The number of hydrogen-bond acceptors (Lipinski definition) is 1. The van der Waals surface area contributed by atoms with Crippen molar-refractivity contribution < 1.29 is 4.39 Å². The minimum Gasteiger partial charge on any atom is -0.310 e. The molecule has 1 N–H and O–H groups in total. The molecule has 1 aromatic rings. The zero-order valence-electron chi connectivity index (χ0n) is 9.51. The maximum Gasteiger partial charge on any atom is 0.123 e. The number of rotatable bonds is 3. The Hall–Kier alpha value is -0.890. The van der Waals surface area contributed by atoms with E-state index < -0.39 is 0 Å². The van der Waals surface area contributed by atoms with Crippen LogP contribution in [0.25, 0.3) is 0 Å². The van der Waals surface area contributed by atoms with Crippen LogP contribution < -0.4 is 5.32 Å². The topological polar surface area (TPSA) is 12.0 Å². The molecule has 1 aromatic carbocycles. The first-order valence-corrected chi connectivity index (χ1v) is 6.34. The second-order valence-electron chi connectivity index (χ2n) is 5.14. The van der Waals surface area contributed by atoms with Crippen molar-refractivity contribution in [2.24, 2.45) is 5.92 Å². The molecular weight excluding hydrogens is 201 g/mol. The summed E-state index contributed by atoms with van der Waals surface area (Å²) >= 11 is 0. The van der Waals surface area contributed by atoms with E-state index in [0.717, 1.165) is 25.3 Å². The molecule has 1 saturated carbocycles. The standard InChI is InChI=1S/C14H18FN/c15-12-5-6-13-11(8-12)4-7-14(13)16-9-10-2-1-3-10/h5-6,8,10,14,16H,1-4,7,9H2. The summed E-state index contributed by atoms with van der Waals surface area (Å²) in [5, 5.41) is 3.64. The SMILES string of the molecule is Fc1ccc2c(c1)CCC2NCC1CCC1. The van der Waals surface area contributed by atoms with Gasteiger partial charge in [0.1, 0.15) is 5.82 Å². The number of benzene rings is 1. The van der Waals surface area contributed by atoms with Crippen LogP contribution in [0.5, 0.6) is 0 Å². The third-order valence-electron chi connectivity index (χ3n) is 4.06. The van der Waals surface area contributed by atoms with Crippen molar-refractivity contribution in [1.82, 2.24) is 5.32 Å². The van der Waals surface area contributed by atoms with Crippen LogP contribution in [0.1, 0.15) is 42.9 Å². The highest BCUT2D eigenvalue weighted by Crippen LogP contribution is 2.33. The molecule has 0 bridgehead atoms. The lowest BCUT2D eigenvalue weighted by Gasteiger charge is -2.27. The smallest absolute Gasteiger partial charge is 0.123 e. The molecule has 0 heterocycles. The van der Waals surface area contributed by atoms with Crippen molar-refractivity contribution >= 4 is 0 Å². The lowest BCUT2D eigenvalue weighted by molar-refractivity contribution is 0.289. The maximum atomic E-state index is 13.0. The molecule has 2 aliphatic rings. The third kappa shape index (κ3) is 1.86. The van der Waals surface area contributed by atoms with E-state index in [1.54, 1.807) is 12.1 Å². The molecule has 1 fully saturated rings. The Morgan fingerprint density at radius 2 is 2.12 bits per heavy atom. The first kappa shape index (κ1) is 10.3. The third-order valence-corrected chi connectivity index (χ3v) is 4.06. The Morgan fingerprint density at radius 3 is 2.88 bits per heavy atom. The van der Waals surface area contributed by atoms with Gasteiger partial charge < -0.3 is 5.32 Å². The summed E-state index contributed by atoms with van der Waals surface area (Å²) in [6.45, 7) is 1.14. The second kappa shape index (κ2) is 4.17. The van der Waals surface area contributed by atoms with Crippen LogP contribution in [0, 0.1) is 11.7 Å². The summed E-state index contributed by atoms with van der Waals surface area (Å²) in [5.74, 6) is 0.794. The largest absolute Gasteiger partial charge is 0.310 e. The number of halogens is 1. The van der Waals surface area contributed by atoms with E-state index >= 15 is 0 Å². The minimum atomic E-state index is -0.0987. The van der Waals surface area contributed by atoms with E-state index in [0.29, 0.717) is 6.04 Å². The summed E-state index contributed by atoms with van der Waals surface area (Å²) in [5.41, 5.74) is 2.52. The highest BCUT2D eigenvalue weighted by molar-refractivity contribution is 5.34. The zero-order valence-corrected chi connectivity index (χ0v) is 9.51. The summed E-state index contributed by atoms with van der Waals surface area (Å²) in [7, 11) is 0. The minimum absolute atomic E-state index is 0.0987. The second-order valence-corrected chi connectivity index (χ2v) is 5.14. The van der Waals surface area contributed by atoms with Gasteiger partial charge in [-0.2, -0.15) is 0 Å². The van der Waals surface area contributed by atoms with Gasteiger partial charge in [0.25, 0.3) is 0 Å². The molecule has 1 unspecified atom stereocenters. The van der Waals surface area contributed by atoms with Crippen LogP contribution >= 0.6 is 0 Å². The van der Waals surface area contributed by atoms with Crippen LogP contribution in [0.4, 0.5) is 4.39 Å². The van der Waals surface area contributed by atoms with Gasteiger partial charge in [0.05, 0.1) is 0 Å². The Bertz CT molecular complexity index is 384. The van der Waals surface area contributed by atoms with Gasteiger partial charge in [-0.25, -0.2) is 4.39 Å². The molecule has 0 saturated heterocycles. The lowest BCUT2D eigenvalue weighted by Crippen LogP contribution is -2.29. The van der Waals surface area contributed by atoms with Gasteiger partial charge in [-0.1, -0.05) is 12.5 Å². The maximum absolute atomic E-state index is 13.0. The van der Waals surface area contributed by atoms with Gasteiger partial charge in [-0.3, -0.25) is 0 Å². The number of fused-ring (bicyclic) bond motifs is 1. The average molecular weight is 219 g/mol. The van der Waals surface area contributed by atoms with Crippen molar-refractivity contribution in [3.63, 3.8) is 0 Å². The molecule has 16 heavy (non-hydrogen) atoms. The number of nitrogens with one attached hydrogen (secondary N) is 1. The molecule has 0 radical (unpaired) electrons. The van der Waals surface area contributed by atoms with E-state index in [-0.39, 0.29) is 5.82 Å². The van der Waals surface area contributed by atoms with E-state index in [4.69, 9.17) is 0 Å². The average Bonchev–Trinajstić information content (AvgIpc) is 2.58. The van der Waals surface area contributed by atoms with Gasteiger partial charge in [0.2, 0.25) is 0 Å². The number of hydrogen-bond donors (Lipinski definition) is 1. The number of aryl methyl sites for hydroxylation is 1. The molecule has 3 rings (SSSR count). The van der Waals surface area contributed by atoms with E-state index in [1.165, 1.54) is 30.4 Å². The quantitative estimate of drug-likeness (QED) is 0.823. The summed E-state index contributed by atoms with van der Waals surface area (Å²) < 4.78 is 13.0. The highest BCUT2D eigenvalue weighted by Gasteiger charge is 2.24. The van der Waals surface area contributed by atoms with Gasteiger partial charge in [-0.05, 0) is 61.4 Å². The fraction of sp³-hybridized carbons (Fsp3) is 0.571. The Kier molecular flexibility index (Phi) is 2.68. The van der Waals surface area contributed by atoms with Gasteiger partial charge in [-0.15, -0.1) is 0 Å². The van der Waals surface area contributed by atoms with Crippen LogP contribution in [0.15, 0.2) is 18.2 Å². The first-order valence-electron chi connectivity index (χ1n) is 6.34. The van der Waals surface area contributed by atoms with Crippen molar-refractivity contribution in [3.05, 3.63) is 35.1 Å². The van der Waals surface area contributed by atoms with Gasteiger partial charge >= 0.3 is 0 Å². The molecule has 1 atom stereocenters. The normalized spacial score (nSPS) is 24.2. The molecule has 1 nitrogen and oxygen atoms in total. The van der Waals surface area contributed by atoms with E-state index in [9.17, 15) is 4.39 Å². The van der Waals surface area contributed by atoms with Gasteiger partial charge in [0.15, 0.2) is 0 Å². The fourth-order valence-corrected chi connectivity index (χ4v) is 2.80. The molecule has 0 aliphatic heterocycles. The summed E-state index contributed by atoms with van der Waals surface area (Å²) in [6, 6.07) is 5.70. The molecule has 2 aliphatic carbocycles. The Morgan fingerprint density at radius 1 is 1.25 bits per heavy atom. The van der Waals surface area contributed by atoms with E-state index in [2.05, 4.69) is 5.32 Å². The molecule has 86 valence electrons. The fourth-order valence-electron chi connectivity index (χ4n) is 2.80. The van der Waals surface area contributed by atoms with Crippen molar-refractivity contribution in [1.29, 1.82) is 0 Å². The predicted molar refractivity (Wildman–Crippen MR) is 62.8 cm³/mol. The van der Waals surface area contributed by atoms with Crippen molar-refractivity contribution in [3.8, 4) is 0 Å². The Labute approximate surface area is 96.1 Å². The highest BCUT2D eigenvalue weighted by atomic mass is 19.1. The lowest BCUT2D eigenvalue weighted by atomic mass is 9.85. The van der Waals surface area contributed by atoms with Crippen LogP contribution in [-0.4, -0.2) is 6.54 Å². The predicted octanol–water partition coefficient (Wildman–Crippen LogP) is 3.20. The monoisotopic (exact) mass is 219 g/mol. The molecule has 2 heteroatoms. The van der Waals surface area contributed by atoms with E-state index in [1.807, 2.05) is 6.07 Å². The molecule has 0 spiro atoms. The first-order chi connectivity index (χ1) is 7.83. The molecule has 0 aromatic heterocycles. The molecule has 0 amide bonds. The van der Waals surface area contributed by atoms with Crippen LogP contribution in [-0.2, 0) is 6.42 Å². The van der Waals surface area contributed by atoms with Crippen LogP contribution in [0.2, 0.25) is 0 Å². The summed E-state index contributed by atoms with van der Waals surface area (Å²) in [4.78, 5) is 0. The van der Waals surface area contributed by atoms with Crippen molar-refractivity contribution in [2.45, 2.75) is 38.1 Å². The Balaban J connectivity index is 1.66. The van der Waals surface area contributed by atoms with Gasteiger partial charge in [0, 0.05) is 6.04 Å². The zero-order chi connectivity index (χ0) is 11.0.